The van der Waals surface area contributed by atoms with Crippen molar-refractivity contribution in [3.63, 3.8) is 0 Å². The number of methoxy groups -OCH3 is 2. The monoisotopic (exact) mass is 509 g/mol. The molecule has 170 valence electrons. The molecule has 2 heterocycles. The second-order valence-electron chi connectivity index (χ2n) is 8.38. The highest BCUT2D eigenvalue weighted by molar-refractivity contribution is 9.10. The number of carbonyl (C=O) groups excluding carboxylic acids is 2. The van der Waals surface area contributed by atoms with E-state index in [-0.39, 0.29) is 11.8 Å². The van der Waals surface area contributed by atoms with Gasteiger partial charge in [0.1, 0.15) is 17.2 Å². The molecule has 3 aromatic carbocycles. The molecule has 2 aliphatic rings. The lowest BCUT2D eigenvalue weighted by Gasteiger charge is -2.46. The van der Waals surface area contributed by atoms with Crippen molar-refractivity contribution < 1.29 is 19.1 Å². The van der Waals surface area contributed by atoms with E-state index in [0.29, 0.717) is 42.8 Å². The summed E-state index contributed by atoms with van der Waals surface area (Å²) < 4.78 is 11.9. The lowest BCUT2D eigenvalue weighted by Crippen LogP contribution is -2.62. The number of hydrogen-bond acceptors (Lipinski definition) is 5. The van der Waals surface area contributed by atoms with E-state index in [1.807, 2.05) is 53.4 Å². The van der Waals surface area contributed by atoms with E-state index in [1.54, 1.807) is 14.2 Å². The van der Waals surface area contributed by atoms with Gasteiger partial charge in [0, 0.05) is 41.5 Å². The maximum Gasteiger partial charge on any atom is 0.257 e. The lowest BCUT2D eigenvalue weighted by molar-refractivity contribution is 0.0637. The van der Waals surface area contributed by atoms with Crippen LogP contribution in [0.5, 0.6) is 11.5 Å². The van der Waals surface area contributed by atoms with Crippen LogP contribution in [0.3, 0.4) is 0 Å². The van der Waals surface area contributed by atoms with Gasteiger partial charge in [-0.3, -0.25) is 9.59 Å². The van der Waals surface area contributed by atoms with Crippen LogP contribution in [-0.2, 0) is 0 Å². The van der Waals surface area contributed by atoms with Crippen LogP contribution in [0, 0.1) is 0 Å². The van der Waals surface area contributed by atoms with Gasteiger partial charge in [-0.05, 0) is 41.8 Å². The van der Waals surface area contributed by atoms with Gasteiger partial charge in [-0.2, -0.15) is 0 Å². The number of amides is 2. The van der Waals surface area contributed by atoms with E-state index < -0.39 is 5.66 Å². The molecular weight excluding hydrogens is 486 g/mol. The zero-order valence-electron chi connectivity index (χ0n) is 18.4. The summed E-state index contributed by atoms with van der Waals surface area (Å²) in [7, 11) is 3.19. The number of anilines is 1. The molecule has 3 aromatic rings. The highest BCUT2D eigenvalue weighted by Gasteiger charge is 2.41. The molecule has 0 radical (unpaired) electrons. The molecule has 1 spiro atoms. The third kappa shape index (κ3) is 3.78. The largest absolute Gasteiger partial charge is 0.496 e. The van der Waals surface area contributed by atoms with Crippen LogP contribution < -0.4 is 20.1 Å². The Kier molecular flexibility index (Phi) is 5.40. The van der Waals surface area contributed by atoms with E-state index in [2.05, 4.69) is 26.6 Å². The molecule has 8 heteroatoms. The van der Waals surface area contributed by atoms with Crippen molar-refractivity contribution in [2.24, 2.45) is 0 Å². The van der Waals surface area contributed by atoms with Crippen molar-refractivity contribution in [3.8, 4) is 11.5 Å². The average Bonchev–Trinajstić information content (AvgIpc) is 2.83. The van der Waals surface area contributed by atoms with Gasteiger partial charge in [0.05, 0.1) is 25.3 Å². The Morgan fingerprint density at radius 1 is 1.00 bits per heavy atom. The van der Waals surface area contributed by atoms with Gasteiger partial charge >= 0.3 is 0 Å². The molecule has 0 aromatic heterocycles. The summed E-state index contributed by atoms with van der Waals surface area (Å²) in [6.45, 7) is 1.02. The normalized spacial score (nSPS) is 16.7. The summed E-state index contributed by atoms with van der Waals surface area (Å²) in [5.41, 5.74) is 1.39. The number of benzene rings is 3. The summed E-state index contributed by atoms with van der Waals surface area (Å²) in [5.74, 6) is 1.06. The Bertz CT molecular complexity index is 1270. The van der Waals surface area contributed by atoms with Crippen molar-refractivity contribution >= 4 is 44.2 Å². The first-order valence-corrected chi connectivity index (χ1v) is 11.6. The van der Waals surface area contributed by atoms with E-state index in [4.69, 9.17) is 9.47 Å². The van der Waals surface area contributed by atoms with Crippen LogP contribution in [0.2, 0.25) is 0 Å². The smallest absolute Gasteiger partial charge is 0.257 e. The Labute approximate surface area is 200 Å². The molecule has 1 saturated heterocycles. The third-order valence-corrected chi connectivity index (χ3v) is 6.96. The molecule has 7 nitrogen and oxygen atoms in total. The van der Waals surface area contributed by atoms with Crippen LogP contribution in [0.1, 0.15) is 33.6 Å². The number of fused-ring (bicyclic) bond motifs is 2. The number of carbonyl (C=O) groups is 2. The van der Waals surface area contributed by atoms with E-state index >= 15 is 0 Å². The molecular formula is C25H24BrN3O4. The predicted octanol–water partition coefficient (Wildman–Crippen LogP) is 4.41. The van der Waals surface area contributed by atoms with Gasteiger partial charge in [-0.1, -0.05) is 28.1 Å². The van der Waals surface area contributed by atoms with E-state index in [9.17, 15) is 9.59 Å². The quantitative estimate of drug-likeness (QED) is 0.546. The van der Waals surface area contributed by atoms with Gasteiger partial charge in [0.15, 0.2) is 0 Å². The Hall–Kier alpha value is -3.26. The number of hydrogen-bond donors (Lipinski definition) is 2. The minimum absolute atomic E-state index is 0.0853. The first kappa shape index (κ1) is 21.6. The fourth-order valence-corrected chi connectivity index (χ4v) is 5.05. The van der Waals surface area contributed by atoms with Gasteiger partial charge < -0.3 is 25.0 Å². The molecule has 2 amide bonds. The fraction of sp³-hybridized carbons (Fsp3) is 0.280. The van der Waals surface area contributed by atoms with Crippen LogP contribution in [0.4, 0.5) is 5.69 Å². The van der Waals surface area contributed by atoms with Crippen LogP contribution in [0.15, 0.2) is 53.0 Å². The second-order valence-corrected chi connectivity index (χ2v) is 9.29. The number of halogens is 1. The second kappa shape index (κ2) is 8.26. The average molecular weight is 510 g/mol. The first-order valence-electron chi connectivity index (χ1n) is 10.8. The van der Waals surface area contributed by atoms with Crippen LogP contribution >= 0.6 is 15.9 Å². The molecule has 33 heavy (non-hydrogen) atoms. The summed E-state index contributed by atoms with van der Waals surface area (Å²) in [4.78, 5) is 28.0. The number of ether oxygens (including phenoxy) is 2. The third-order valence-electron chi connectivity index (χ3n) is 6.47. The van der Waals surface area contributed by atoms with Gasteiger partial charge in [-0.25, -0.2) is 0 Å². The van der Waals surface area contributed by atoms with Crippen molar-refractivity contribution in [1.82, 2.24) is 10.2 Å². The molecule has 0 bridgehead atoms. The van der Waals surface area contributed by atoms with Crippen LogP contribution in [-0.4, -0.2) is 49.7 Å². The Balaban J connectivity index is 1.38. The topological polar surface area (TPSA) is 79.9 Å². The zero-order chi connectivity index (χ0) is 23.2. The summed E-state index contributed by atoms with van der Waals surface area (Å²) >= 11 is 3.42. The van der Waals surface area contributed by atoms with E-state index in [0.717, 1.165) is 26.7 Å². The van der Waals surface area contributed by atoms with E-state index in [1.165, 1.54) is 0 Å². The maximum absolute atomic E-state index is 13.5. The molecule has 1 fully saturated rings. The predicted molar refractivity (Wildman–Crippen MR) is 130 cm³/mol. The SMILES string of the molecule is COc1cc2c(OC)cccc2cc1C(=O)N1CCC2(CC1)NC(=O)c1cc(Br)ccc1N2. The van der Waals surface area contributed by atoms with Gasteiger partial charge in [-0.15, -0.1) is 0 Å². The molecule has 0 unspecified atom stereocenters. The highest BCUT2D eigenvalue weighted by Crippen LogP contribution is 2.35. The highest BCUT2D eigenvalue weighted by atomic mass is 79.9. The molecule has 0 aliphatic carbocycles. The number of nitrogens with one attached hydrogen (secondary N) is 2. The van der Waals surface area contributed by atoms with Gasteiger partial charge in [0.25, 0.3) is 11.8 Å². The summed E-state index contributed by atoms with van der Waals surface area (Å²) in [6, 6.07) is 15.1. The standard InChI is InChI=1S/C25H24BrN3O4/c1-32-21-5-3-4-15-12-19(22(33-2)14-17(15)21)24(31)29-10-8-25(9-11-29)27-20-7-6-16(26)13-18(20)23(30)28-25/h3-7,12-14,27H,8-11H2,1-2H3,(H,28,30). The Morgan fingerprint density at radius 3 is 2.48 bits per heavy atom. The minimum Gasteiger partial charge on any atom is -0.496 e. The maximum atomic E-state index is 13.5. The summed E-state index contributed by atoms with van der Waals surface area (Å²) in [5, 5.41) is 8.43. The molecule has 0 saturated carbocycles. The first-order chi connectivity index (χ1) is 15.9. The molecule has 2 N–H and O–H groups in total. The zero-order valence-corrected chi connectivity index (χ0v) is 20.0. The van der Waals surface area contributed by atoms with Gasteiger partial charge in [0.2, 0.25) is 0 Å². The van der Waals surface area contributed by atoms with Crippen molar-refractivity contribution in [2.75, 3.05) is 32.6 Å². The van der Waals surface area contributed by atoms with Crippen molar-refractivity contribution in [2.45, 2.75) is 18.5 Å². The number of piperidine rings is 1. The number of likely N-dealkylation sites (tertiary alicyclic amines) is 1. The summed E-state index contributed by atoms with van der Waals surface area (Å²) in [6.07, 6.45) is 1.20. The van der Waals surface area contributed by atoms with Crippen molar-refractivity contribution in [3.05, 3.63) is 64.1 Å². The number of nitrogens with zero attached hydrogens (tertiary/aromatic N) is 1. The molecule has 2 aliphatic heterocycles. The van der Waals surface area contributed by atoms with Crippen LogP contribution in [0.25, 0.3) is 10.8 Å². The fourth-order valence-electron chi connectivity index (χ4n) is 4.69. The molecule has 5 rings (SSSR count). The lowest BCUT2D eigenvalue weighted by atomic mass is 9.92. The Morgan fingerprint density at radius 2 is 1.76 bits per heavy atom. The number of rotatable bonds is 3. The minimum atomic E-state index is -0.560. The molecule has 0 atom stereocenters. The van der Waals surface area contributed by atoms with Crippen molar-refractivity contribution in [1.29, 1.82) is 0 Å².